The highest BCUT2D eigenvalue weighted by atomic mass is 19.4. The first-order valence-corrected chi connectivity index (χ1v) is 9.36. The summed E-state index contributed by atoms with van der Waals surface area (Å²) in [5, 5.41) is 3.24. The first kappa shape index (κ1) is 20.5. The van der Waals surface area contributed by atoms with Crippen LogP contribution in [0.3, 0.4) is 0 Å². The lowest BCUT2D eigenvalue weighted by Crippen LogP contribution is -2.08. The number of anilines is 1. The third kappa shape index (κ3) is 4.85. The van der Waals surface area contributed by atoms with Crippen molar-refractivity contribution < 1.29 is 17.9 Å². The van der Waals surface area contributed by atoms with E-state index in [0.29, 0.717) is 35.7 Å². The molecule has 4 rings (SSSR count). The fourth-order valence-electron chi connectivity index (χ4n) is 3.01. The lowest BCUT2D eigenvalue weighted by atomic mass is 10.1. The van der Waals surface area contributed by atoms with Crippen molar-refractivity contribution in [2.24, 2.45) is 0 Å². The number of nitrogens with one attached hydrogen (secondary N) is 1. The smallest absolute Gasteiger partial charge is 0.416 e. The second-order valence-electron chi connectivity index (χ2n) is 6.70. The van der Waals surface area contributed by atoms with Crippen LogP contribution in [0.5, 0.6) is 11.6 Å². The zero-order chi connectivity index (χ0) is 21.8. The van der Waals surface area contributed by atoms with Gasteiger partial charge in [-0.05, 0) is 42.7 Å². The molecule has 0 spiro atoms. The van der Waals surface area contributed by atoms with E-state index >= 15 is 0 Å². The van der Waals surface area contributed by atoms with E-state index in [9.17, 15) is 13.2 Å². The van der Waals surface area contributed by atoms with Crippen molar-refractivity contribution in [3.63, 3.8) is 0 Å². The molecule has 0 fully saturated rings. The van der Waals surface area contributed by atoms with Gasteiger partial charge in [-0.25, -0.2) is 24.9 Å². The average Bonchev–Trinajstić information content (AvgIpc) is 2.75. The second-order valence-corrected chi connectivity index (χ2v) is 6.70. The molecule has 0 aliphatic rings. The molecule has 3 heterocycles. The molecule has 158 valence electrons. The average molecular weight is 426 g/mol. The molecule has 0 unspecified atom stereocenters. The van der Waals surface area contributed by atoms with Crippen LogP contribution in [-0.4, -0.2) is 31.5 Å². The van der Waals surface area contributed by atoms with Crippen LogP contribution >= 0.6 is 0 Å². The summed E-state index contributed by atoms with van der Waals surface area (Å²) in [5.74, 6) is 0.907. The van der Waals surface area contributed by atoms with Gasteiger partial charge in [-0.15, -0.1) is 0 Å². The first-order chi connectivity index (χ1) is 14.9. The monoisotopic (exact) mass is 426 g/mol. The van der Waals surface area contributed by atoms with Crippen LogP contribution in [0.4, 0.5) is 19.0 Å². The van der Waals surface area contributed by atoms with E-state index in [-0.39, 0.29) is 5.88 Å². The Labute approximate surface area is 175 Å². The molecule has 4 aromatic rings. The number of hydrogen-bond acceptors (Lipinski definition) is 7. The van der Waals surface area contributed by atoms with Gasteiger partial charge in [0.2, 0.25) is 5.88 Å². The quantitative estimate of drug-likeness (QED) is 0.483. The summed E-state index contributed by atoms with van der Waals surface area (Å²) in [7, 11) is 0. The molecule has 0 bridgehead atoms. The molecular weight excluding hydrogens is 409 g/mol. The molecule has 3 aromatic heterocycles. The Morgan fingerprint density at radius 2 is 1.77 bits per heavy atom. The van der Waals surface area contributed by atoms with E-state index in [2.05, 4.69) is 30.2 Å². The summed E-state index contributed by atoms with van der Waals surface area (Å²) in [4.78, 5) is 20.6. The maximum Gasteiger partial charge on any atom is 0.416 e. The second kappa shape index (κ2) is 8.50. The maximum atomic E-state index is 12.8. The van der Waals surface area contributed by atoms with Gasteiger partial charge in [0.15, 0.2) is 11.5 Å². The lowest BCUT2D eigenvalue weighted by Gasteiger charge is -2.12. The largest absolute Gasteiger partial charge is 0.439 e. The molecular formula is C21H17F3N6O. The van der Waals surface area contributed by atoms with Gasteiger partial charge in [-0.1, -0.05) is 6.07 Å². The Morgan fingerprint density at radius 1 is 0.935 bits per heavy atom. The number of ether oxygens (including phenoxy) is 1. The van der Waals surface area contributed by atoms with Crippen molar-refractivity contribution in [2.45, 2.75) is 19.5 Å². The number of halogens is 3. The number of benzene rings is 1. The van der Waals surface area contributed by atoms with Gasteiger partial charge < -0.3 is 10.1 Å². The highest BCUT2D eigenvalue weighted by Crippen LogP contribution is 2.32. The minimum Gasteiger partial charge on any atom is -0.439 e. The molecule has 0 saturated carbocycles. The molecule has 0 aliphatic heterocycles. The number of rotatable bonds is 6. The number of hydrogen-bond donors (Lipinski definition) is 1. The van der Waals surface area contributed by atoms with Crippen LogP contribution in [0.15, 0.2) is 55.2 Å². The van der Waals surface area contributed by atoms with Gasteiger partial charge in [0, 0.05) is 31.2 Å². The number of alkyl halides is 3. The summed E-state index contributed by atoms with van der Waals surface area (Å²) in [6.07, 6.45) is 1.90. The Hall–Kier alpha value is -3.82. The fourth-order valence-corrected chi connectivity index (χ4v) is 3.01. The third-order valence-corrected chi connectivity index (χ3v) is 4.56. The van der Waals surface area contributed by atoms with Gasteiger partial charge >= 0.3 is 6.18 Å². The number of nitrogens with zero attached hydrogens (tertiary/aromatic N) is 5. The SMILES string of the molecule is Cc1cc(Oc2cc(C(F)(F)F)ccn2)ccc1CCNc1ncnc2nccnc12. The van der Waals surface area contributed by atoms with E-state index in [1.165, 1.54) is 6.33 Å². The van der Waals surface area contributed by atoms with Crippen molar-refractivity contribution >= 4 is 17.0 Å². The summed E-state index contributed by atoms with van der Waals surface area (Å²) >= 11 is 0. The van der Waals surface area contributed by atoms with Crippen LogP contribution in [-0.2, 0) is 12.6 Å². The highest BCUT2D eigenvalue weighted by Gasteiger charge is 2.31. The van der Waals surface area contributed by atoms with Gasteiger partial charge in [-0.2, -0.15) is 13.2 Å². The van der Waals surface area contributed by atoms with E-state index in [1.807, 2.05) is 13.0 Å². The third-order valence-electron chi connectivity index (χ3n) is 4.56. The minimum absolute atomic E-state index is 0.111. The highest BCUT2D eigenvalue weighted by molar-refractivity contribution is 5.81. The molecule has 31 heavy (non-hydrogen) atoms. The predicted octanol–water partition coefficient (Wildman–Crippen LogP) is 4.59. The number of fused-ring (bicyclic) bond motifs is 1. The van der Waals surface area contributed by atoms with Gasteiger partial charge in [-0.3, -0.25) is 0 Å². The van der Waals surface area contributed by atoms with E-state index in [1.54, 1.807) is 24.5 Å². The zero-order valence-corrected chi connectivity index (χ0v) is 16.4. The summed E-state index contributed by atoms with van der Waals surface area (Å²) in [6.45, 7) is 2.51. The maximum absolute atomic E-state index is 12.8. The zero-order valence-electron chi connectivity index (χ0n) is 16.4. The molecule has 1 N–H and O–H groups in total. The molecule has 0 amide bonds. The predicted molar refractivity (Wildman–Crippen MR) is 108 cm³/mol. The van der Waals surface area contributed by atoms with Crippen LogP contribution < -0.4 is 10.1 Å². The Morgan fingerprint density at radius 3 is 2.58 bits per heavy atom. The summed E-state index contributed by atoms with van der Waals surface area (Å²) in [6, 6.07) is 7.12. The standard InChI is InChI=1S/C21H17F3N6O/c1-13-10-16(31-17-11-15(5-7-25-17)21(22,23)24)3-2-14(13)4-6-27-19-18-20(30-12-29-19)28-9-8-26-18/h2-3,5,7-12H,4,6H2,1H3,(H,27,28,29,30). The van der Waals surface area contributed by atoms with Crippen LogP contribution in [0.2, 0.25) is 0 Å². The van der Waals surface area contributed by atoms with E-state index < -0.39 is 11.7 Å². The number of aromatic nitrogens is 5. The van der Waals surface area contributed by atoms with Gasteiger partial charge in [0.1, 0.15) is 17.6 Å². The minimum atomic E-state index is -4.45. The Balaban J connectivity index is 1.41. The van der Waals surface area contributed by atoms with Crippen molar-refractivity contribution in [2.75, 3.05) is 11.9 Å². The molecule has 0 saturated heterocycles. The molecule has 0 aliphatic carbocycles. The van der Waals surface area contributed by atoms with Crippen LogP contribution in [0, 0.1) is 6.92 Å². The number of pyridine rings is 1. The number of aryl methyl sites for hydroxylation is 1. The fraction of sp³-hybridized carbons (Fsp3) is 0.190. The summed E-state index contributed by atoms with van der Waals surface area (Å²) < 4.78 is 44.1. The Kier molecular flexibility index (Phi) is 5.61. The normalized spacial score (nSPS) is 11.5. The molecule has 10 heteroatoms. The molecule has 0 radical (unpaired) electrons. The van der Waals surface area contributed by atoms with Crippen molar-refractivity contribution in [1.29, 1.82) is 0 Å². The van der Waals surface area contributed by atoms with Gasteiger partial charge in [0.25, 0.3) is 0 Å². The van der Waals surface area contributed by atoms with Crippen LogP contribution in [0.25, 0.3) is 11.2 Å². The molecule has 0 atom stereocenters. The molecule has 1 aromatic carbocycles. The Bertz CT molecular complexity index is 1210. The summed E-state index contributed by atoms with van der Waals surface area (Å²) in [5.41, 5.74) is 2.30. The topological polar surface area (TPSA) is 85.7 Å². The lowest BCUT2D eigenvalue weighted by molar-refractivity contribution is -0.137. The van der Waals surface area contributed by atoms with E-state index in [0.717, 1.165) is 29.5 Å². The molecule has 7 nitrogen and oxygen atoms in total. The van der Waals surface area contributed by atoms with Crippen LogP contribution in [0.1, 0.15) is 16.7 Å². The van der Waals surface area contributed by atoms with E-state index in [4.69, 9.17) is 4.74 Å². The van der Waals surface area contributed by atoms with Crippen molar-refractivity contribution in [3.05, 3.63) is 71.9 Å². The van der Waals surface area contributed by atoms with Crippen molar-refractivity contribution in [1.82, 2.24) is 24.9 Å². The first-order valence-electron chi connectivity index (χ1n) is 9.36. The van der Waals surface area contributed by atoms with Gasteiger partial charge in [0.05, 0.1) is 5.56 Å². The van der Waals surface area contributed by atoms with Crippen molar-refractivity contribution in [3.8, 4) is 11.6 Å².